The predicted octanol–water partition coefficient (Wildman–Crippen LogP) is 5.46. The number of rotatable bonds is 6. The lowest BCUT2D eigenvalue weighted by molar-refractivity contribution is -0.134. The van der Waals surface area contributed by atoms with Gasteiger partial charge in [-0.15, -0.1) is 0 Å². The summed E-state index contributed by atoms with van der Waals surface area (Å²) in [5.41, 5.74) is 5.77. The maximum Gasteiger partial charge on any atom is 0.225 e. The van der Waals surface area contributed by atoms with Gasteiger partial charge in [0.1, 0.15) is 0 Å². The monoisotopic (exact) mass is 476 g/mol. The Morgan fingerprint density at radius 3 is 2.31 bits per heavy atom. The van der Waals surface area contributed by atoms with Crippen molar-refractivity contribution in [2.75, 3.05) is 7.05 Å². The molecule has 6 nitrogen and oxygen atoms in total. The van der Waals surface area contributed by atoms with Crippen LogP contribution in [0.3, 0.4) is 0 Å². The highest BCUT2D eigenvalue weighted by molar-refractivity contribution is 5.82. The van der Waals surface area contributed by atoms with E-state index in [9.17, 15) is 9.59 Å². The molecule has 6 heteroatoms. The molecule has 0 radical (unpaired) electrons. The Morgan fingerprint density at radius 2 is 1.58 bits per heavy atom. The fourth-order valence-electron chi connectivity index (χ4n) is 4.66. The number of hydrogen-bond donors (Lipinski definition) is 0. The molecule has 4 aromatic rings. The van der Waals surface area contributed by atoms with Crippen LogP contribution in [-0.4, -0.2) is 38.4 Å². The second-order valence-electron chi connectivity index (χ2n) is 8.99. The molecule has 0 N–H and O–H groups in total. The maximum atomic E-state index is 13.5. The molecule has 2 amide bonds. The first-order valence-corrected chi connectivity index (χ1v) is 12.0. The van der Waals surface area contributed by atoms with Gasteiger partial charge in [-0.05, 0) is 29.3 Å². The van der Waals surface area contributed by atoms with Gasteiger partial charge in [-0.3, -0.25) is 9.59 Å². The van der Waals surface area contributed by atoms with E-state index in [-0.39, 0.29) is 24.3 Å². The Balaban J connectivity index is 1.41. The summed E-state index contributed by atoms with van der Waals surface area (Å²) in [7, 11) is 1.81. The zero-order chi connectivity index (χ0) is 25.1. The van der Waals surface area contributed by atoms with Gasteiger partial charge < -0.3 is 9.80 Å². The van der Waals surface area contributed by atoms with Gasteiger partial charge >= 0.3 is 0 Å². The minimum atomic E-state index is -0.334. The Bertz CT molecular complexity index is 1410. The zero-order valence-corrected chi connectivity index (χ0v) is 20.4. The first-order chi connectivity index (χ1) is 17.5. The average molecular weight is 477 g/mol. The molecule has 1 aliphatic rings. The Hall–Kier alpha value is -4.45. The second-order valence-corrected chi connectivity index (χ2v) is 8.99. The van der Waals surface area contributed by atoms with Crippen LogP contribution in [0.2, 0.25) is 0 Å². The Kier molecular flexibility index (Phi) is 6.50. The van der Waals surface area contributed by atoms with Crippen LogP contribution in [0.5, 0.6) is 0 Å². The van der Waals surface area contributed by atoms with Gasteiger partial charge in [-0.1, -0.05) is 72.8 Å². The van der Waals surface area contributed by atoms with Gasteiger partial charge in [-0.2, -0.15) is 5.10 Å². The van der Waals surface area contributed by atoms with E-state index in [4.69, 9.17) is 5.10 Å². The quantitative estimate of drug-likeness (QED) is 0.371. The average Bonchev–Trinajstić information content (AvgIpc) is 3.33. The number of carbonyl (C=O) groups is 2. The molecule has 1 atom stereocenters. The molecule has 1 aromatic heterocycles. The fraction of sp³-hybridized carbons (Fsp3) is 0.167. The van der Waals surface area contributed by atoms with Crippen molar-refractivity contribution in [3.63, 3.8) is 0 Å². The number of fused-ring (bicyclic) bond motifs is 1. The first kappa shape index (κ1) is 23.3. The van der Waals surface area contributed by atoms with E-state index in [0.717, 1.165) is 33.6 Å². The number of hydrogen-bond acceptors (Lipinski definition) is 3. The molecule has 0 fully saturated rings. The lowest BCUT2D eigenvalue weighted by Crippen LogP contribution is -2.35. The van der Waals surface area contributed by atoms with Crippen LogP contribution in [0.25, 0.3) is 23.0 Å². The van der Waals surface area contributed by atoms with Crippen LogP contribution >= 0.6 is 0 Å². The molecule has 0 bridgehead atoms. The largest absolute Gasteiger partial charge is 0.341 e. The molecular formula is C30H28N4O2. The van der Waals surface area contributed by atoms with E-state index in [1.54, 1.807) is 23.0 Å². The molecule has 0 saturated heterocycles. The van der Waals surface area contributed by atoms with Crippen molar-refractivity contribution in [1.29, 1.82) is 0 Å². The number of nitrogens with zero attached hydrogens (tertiary/aromatic N) is 4. The Morgan fingerprint density at radius 1 is 0.917 bits per heavy atom. The van der Waals surface area contributed by atoms with Crippen LogP contribution in [0.4, 0.5) is 0 Å². The summed E-state index contributed by atoms with van der Waals surface area (Å²) in [6, 6.07) is 27.5. The standard InChI is InChI=1S/C30H28N4O2/c1-22(35)33-18-17-23-11-9-10-16-27(23)28(33)19-29(36)32(2)20-25-21-34(26-14-7-4-8-15-26)31-30(25)24-12-5-3-6-13-24/h3-18,21,28H,19-20H2,1-2H3/t28-/m1/s1. The van der Waals surface area contributed by atoms with Gasteiger partial charge in [-0.25, -0.2) is 4.68 Å². The summed E-state index contributed by atoms with van der Waals surface area (Å²) >= 11 is 0. The topological polar surface area (TPSA) is 58.4 Å². The first-order valence-electron chi connectivity index (χ1n) is 12.0. The molecule has 5 rings (SSSR count). The molecule has 0 saturated carbocycles. The molecule has 180 valence electrons. The lowest BCUT2D eigenvalue weighted by Gasteiger charge is -2.33. The van der Waals surface area contributed by atoms with E-state index >= 15 is 0 Å². The van der Waals surface area contributed by atoms with E-state index in [1.807, 2.05) is 102 Å². The third kappa shape index (κ3) is 4.70. The van der Waals surface area contributed by atoms with Gasteiger partial charge in [0.25, 0.3) is 0 Å². The lowest BCUT2D eigenvalue weighted by atomic mass is 9.93. The molecular weight excluding hydrogens is 448 g/mol. The van der Waals surface area contributed by atoms with Gasteiger partial charge in [0.2, 0.25) is 11.8 Å². The normalized spacial score (nSPS) is 14.4. The second kappa shape index (κ2) is 10.0. The van der Waals surface area contributed by atoms with Crippen LogP contribution < -0.4 is 0 Å². The summed E-state index contributed by atoms with van der Waals surface area (Å²) in [5, 5.41) is 4.86. The van der Waals surface area contributed by atoms with Crippen molar-refractivity contribution < 1.29 is 9.59 Å². The molecule has 0 aliphatic carbocycles. The summed E-state index contributed by atoms with van der Waals surface area (Å²) in [6.07, 6.45) is 5.89. The van der Waals surface area contributed by atoms with Crippen LogP contribution in [0, 0.1) is 0 Å². The van der Waals surface area contributed by atoms with Crippen molar-refractivity contribution in [2.24, 2.45) is 0 Å². The zero-order valence-electron chi connectivity index (χ0n) is 20.4. The predicted molar refractivity (Wildman–Crippen MR) is 141 cm³/mol. The minimum Gasteiger partial charge on any atom is -0.341 e. The molecule has 1 aliphatic heterocycles. The summed E-state index contributed by atoms with van der Waals surface area (Å²) in [5.74, 6) is -0.125. The van der Waals surface area contributed by atoms with Gasteiger partial charge in [0.15, 0.2) is 0 Å². The minimum absolute atomic E-state index is 0.0391. The van der Waals surface area contributed by atoms with Crippen molar-refractivity contribution >= 4 is 17.9 Å². The molecule has 36 heavy (non-hydrogen) atoms. The Labute approximate surface area is 211 Å². The summed E-state index contributed by atoms with van der Waals surface area (Å²) in [4.78, 5) is 29.2. The van der Waals surface area contributed by atoms with Crippen LogP contribution in [0.1, 0.15) is 36.1 Å². The number of benzene rings is 3. The van der Waals surface area contributed by atoms with Crippen LogP contribution in [-0.2, 0) is 16.1 Å². The molecule has 0 unspecified atom stereocenters. The SMILES string of the molecule is CC(=O)N1C=Cc2ccccc2[C@H]1CC(=O)N(C)Cc1cn(-c2ccccc2)nc1-c1ccccc1. The highest BCUT2D eigenvalue weighted by atomic mass is 16.2. The highest BCUT2D eigenvalue weighted by Gasteiger charge is 2.29. The van der Waals surface area contributed by atoms with Crippen LogP contribution in [0.15, 0.2) is 97.3 Å². The number of para-hydroxylation sites is 1. The summed E-state index contributed by atoms with van der Waals surface area (Å²) < 4.78 is 1.86. The van der Waals surface area contributed by atoms with Gasteiger partial charge in [0, 0.05) is 44.0 Å². The van der Waals surface area contributed by atoms with Gasteiger partial charge in [0.05, 0.1) is 23.8 Å². The number of aromatic nitrogens is 2. The number of amides is 2. The molecule has 0 spiro atoms. The van der Waals surface area contributed by atoms with E-state index in [2.05, 4.69) is 0 Å². The van der Waals surface area contributed by atoms with E-state index in [0.29, 0.717) is 6.54 Å². The van der Waals surface area contributed by atoms with E-state index < -0.39 is 0 Å². The van der Waals surface area contributed by atoms with Crippen molar-refractivity contribution in [2.45, 2.75) is 25.9 Å². The third-order valence-electron chi connectivity index (χ3n) is 6.53. The molecule has 3 aromatic carbocycles. The smallest absolute Gasteiger partial charge is 0.225 e. The van der Waals surface area contributed by atoms with Crippen molar-refractivity contribution in [3.05, 3.63) is 114 Å². The van der Waals surface area contributed by atoms with Crippen molar-refractivity contribution in [1.82, 2.24) is 19.6 Å². The van der Waals surface area contributed by atoms with Crippen molar-refractivity contribution in [3.8, 4) is 16.9 Å². The van der Waals surface area contributed by atoms with E-state index in [1.165, 1.54) is 6.92 Å². The molecule has 2 heterocycles. The fourth-order valence-corrected chi connectivity index (χ4v) is 4.66. The third-order valence-corrected chi connectivity index (χ3v) is 6.53. The number of carbonyl (C=O) groups excluding carboxylic acids is 2. The highest BCUT2D eigenvalue weighted by Crippen LogP contribution is 2.33. The summed E-state index contributed by atoms with van der Waals surface area (Å²) in [6.45, 7) is 1.93. The maximum absolute atomic E-state index is 13.5.